The lowest BCUT2D eigenvalue weighted by atomic mass is 9.93. The van der Waals surface area contributed by atoms with Crippen molar-refractivity contribution in [3.8, 4) is 0 Å². The van der Waals surface area contributed by atoms with Crippen molar-refractivity contribution in [3.05, 3.63) is 21.9 Å². The number of likely N-dealkylation sites (tertiary alicyclic amines) is 1. The van der Waals surface area contributed by atoms with Crippen LogP contribution in [0.5, 0.6) is 0 Å². The van der Waals surface area contributed by atoms with Crippen molar-refractivity contribution in [2.75, 3.05) is 39.5 Å². The smallest absolute Gasteiger partial charge is 0.248 e. The highest BCUT2D eigenvalue weighted by Gasteiger charge is 2.49. The number of likely N-dealkylation sites (N-methyl/N-ethyl adjacent to an activating group) is 1. The summed E-state index contributed by atoms with van der Waals surface area (Å²) in [6.45, 7) is 5.78. The second-order valence-electron chi connectivity index (χ2n) is 6.59. The number of amides is 1. The molecule has 1 atom stereocenters. The predicted octanol–water partition coefficient (Wildman–Crippen LogP) is 2.22. The fraction of sp³-hybridized carbons (Fsp3) is 0.688. The SMILES string of the molecule is Cc1ccsc1CN1CC2(C[C@H](OCC(=O)N(C)C)CS2)C1. The van der Waals surface area contributed by atoms with E-state index in [1.165, 1.54) is 10.4 Å². The van der Waals surface area contributed by atoms with Crippen molar-refractivity contribution in [1.29, 1.82) is 0 Å². The minimum Gasteiger partial charge on any atom is -0.367 e. The third-order valence-electron chi connectivity index (χ3n) is 4.48. The van der Waals surface area contributed by atoms with Gasteiger partial charge in [-0.2, -0.15) is 0 Å². The second kappa shape index (κ2) is 6.51. The maximum atomic E-state index is 11.6. The van der Waals surface area contributed by atoms with E-state index in [9.17, 15) is 4.79 Å². The molecule has 0 bridgehead atoms. The van der Waals surface area contributed by atoms with E-state index in [1.54, 1.807) is 19.0 Å². The van der Waals surface area contributed by atoms with Crippen LogP contribution in [0.3, 0.4) is 0 Å². The zero-order valence-corrected chi connectivity index (χ0v) is 15.1. The summed E-state index contributed by atoms with van der Waals surface area (Å²) in [5.74, 6) is 1.07. The molecule has 2 aliphatic heterocycles. The molecule has 3 rings (SSSR count). The molecule has 1 aromatic rings. The van der Waals surface area contributed by atoms with Crippen molar-refractivity contribution >= 4 is 29.0 Å². The molecule has 122 valence electrons. The molecule has 1 amide bonds. The van der Waals surface area contributed by atoms with Crippen molar-refractivity contribution < 1.29 is 9.53 Å². The zero-order chi connectivity index (χ0) is 15.7. The molecule has 2 aliphatic rings. The van der Waals surface area contributed by atoms with Gasteiger partial charge in [0.2, 0.25) is 5.91 Å². The first-order valence-electron chi connectivity index (χ1n) is 7.68. The Hall–Kier alpha value is -0.560. The number of carbonyl (C=O) groups is 1. The van der Waals surface area contributed by atoms with Crippen molar-refractivity contribution in [2.45, 2.75) is 30.7 Å². The maximum Gasteiger partial charge on any atom is 0.248 e. The molecule has 22 heavy (non-hydrogen) atoms. The highest BCUT2D eigenvalue weighted by Crippen LogP contribution is 2.46. The van der Waals surface area contributed by atoms with Crippen LogP contribution in [0, 0.1) is 6.92 Å². The molecule has 2 fully saturated rings. The minimum absolute atomic E-state index is 0.0503. The quantitative estimate of drug-likeness (QED) is 0.823. The van der Waals surface area contributed by atoms with Gasteiger partial charge in [-0.05, 0) is 30.4 Å². The van der Waals surface area contributed by atoms with Gasteiger partial charge in [0.25, 0.3) is 0 Å². The van der Waals surface area contributed by atoms with Gasteiger partial charge in [0.1, 0.15) is 6.61 Å². The molecule has 0 unspecified atom stereocenters. The molecule has 2 saturated heterocycles. The van der Waals surface area contributed by atoms with Crippen LogP contribution in [0.25, 0.3) is 0 Å². The monoisotopic (exact) mass is 340 g/mol. The van der Waals surface area contributed by atoms with E-state index in [-0.39, 0.29) is 18.6 Å². The Morgan fingerprint density at radius 1 is 1.50 bits per heavy atom. The molecular formula is C16H24N2O2S2. The van der Waals surface area contributed by atoms with Gasteiger partial charge in [-0.25, -0.2) is 0 Å². The molecule has 0 aliphatic carbocycles. The first-order valence-corrected chi connectivity index (χ1v) is 9.55. The molecule has 1 spiro atoms. The second-order valence-corrected chi connectivity index (χ2v) is 9.08. The Bertz CT molecular complexity index is 538. The average molecular weight is 341 g/mol. The summed E-state index contributed by atoms with van der Waals surface area (Å²) in [4.78, 5) is 17.2. The van der Waals surface area contributed by atoms with Gasteiger partial charge in [-0.15, -0.1) is 23.1 Å². The standard InChI is InChI=1S/C16H24N2O2S2/c1-12-4-5-21-14(12)7-18-10-16(11-18)6-13(9-22-16)20-8-15(19)17(2)3/h4-5,13H,6-11H2,1-3H3/t13-/m0/s1. The minimum atomic E-state index is 0.0503. The van der Waals surface area contributed by atoms with Crippen molar-refractivity contribution in [1.82, 2.24) is 9.80 Å². The number of hydrogen-bond acceptors (Lipinski definition) is 5. The molecule has 0 N–H and O–H groups in total. The Balaban J connectivity index is 1.42. The summed E-state index contributed by atoms with van der Waals surface area (Å²) in [7, 11) is 3.54. The lowest BCUT2D eigenvalue weighted by Crippen LogP contribution is -2.58. The fourth-order valence-corrected chi connectivity index (χ4v) is 5.65. The molecule has 0 saturated carbocycles. The van der Waals surface area contributed by atoms with Gasteiger partial charge in [-0.1, -0.05) is 0 Å². The van der Waals surface area contributed by atoms with E-state index in [2.05, 4.69) is 23.3 Å². The van der Waals surface area contributed by atoms with E-state index in [0.717, 1.165) is 31.8 Å². The third kappa shape index (κ3) is 3.50. The molecule has 0 aromatic carbocycles. The van der Waals surface area contributed by atoms with Gasteiger partial charge in [-0.3, -0.25) is 9.69 Å². The summed E-state index contributed by atoms with van der Waals surface area (Å²) >= 11 is 3.89. The zero-order valence-electron chi connectivity index (χ0n) is 13.5. The summed E-state index contributed by atoms with van der Waals surface area (Å²) in [6, 6.07) is 2.20. The number of carbonyl (C=O) groups excluding carboxylic acids is 1. The normalized spacial score (nSPS) is 23.7. The van der Waals surface area contributed by atoms with Crippen LogP contribution >= 0.6 is 23.1 Å². The van der Waals surface area contributed by atoms with Crippen LogP contribution in [0.4, 0.5) is 0 Å². The summed E-state index contributed by atoms with van der Waals surface area (Å²) in [6.07, 6.45) is 1.32. The van der Waals surface area contributed by atoms with E-state index in [0.29, 0.717) is 4.75 Å². The van der Waals surface area contributed by atoms with Gasteiger partial charge >= 0.3 is 0 Å². The Kier molecular flexibility index (Phi) is 4.83. The number of nitrogens with zero attached hydrogens (tertiary/aromatic N) is 2. The largest absolute Gasteiger partial charge is 0.367 e. The lowest BCUT2D eigenvalue weighted by molar-refractivity contribution is -0.135. The van der Waals surface area contributed by atoms with E-state index >= 15 is 0 Å². The van der Waals surface area contributed by atoms with Gasteiger partial charge in [0, 0.05) is 49.1 Å². The number of thiophene rings is 1. The molecule has 6 heteroatoms. The van der Waals surface area contributed by atoms with Crippen molar-refractivity contribution in [3.63, 3.8) is 0 Å². The predicted molar refractivity (Wildman–Crippen MR) is 92.6 cm³/mol. The van der Waals surface area contributed by atoms with Crippen LogP contribution in [0.1, 0.15) is 16.9 Å². The Morgan fingerprint density at radius 2 is 2.27 bits per heavy atom. The van der Waals surface area contributed by atoms with E-state index < -0.39 is 0 Å². The van der Waals surface area contributed by atoms with Crippen LogP contribution in [0.2, 0.25) is 0 Å². The van der Waals surface area contributed by atoms with Crippen LogP contribution in [0.15, 0.2) is 11.4 Å². The van der Waals surface area contributed by atoms with Crippen LogP contribution in [-0.4, -0.2) is 66.1 Å². The number of aryl methyl sites for hydroxylation is 1. The Labute approximate surface area is 140 Å². The first kappa shape index (κ1) is 16.3. The third-order valence-corrected chi connectivity index (χ3v) is 7.06. The summed E-state index contributed by atoms with van der Waals surface area (Å²) < 4.78 is 6.16. The molecule has 0 radical (unpaired) electrons. The van der Waals surface area contributed by atoms with E-state index in [4.69, 9.17) is 4.74 Å². The highest BCUT2D eigenvalue weighted by molar-refractivity contribution is 8.01. The number of hydrogen-bond donors (Lipinski definition) is 0. The number of ether oxygens (including phenoxy) is 1. The average Bonchev–Trinajstić information content (AvgIpc) is 3.03. The van der Waals surface area contributed by atoms with Crippen LogP contribution in [-0.2, 0) is 16.1 Å². The number of rotatable bonds is 5. The lowest BCUT2D eigenvalue weighted by Gasteiger charge is -2.47. The fourth-order valence-electron chi connectivity index (χ4n) is 3.10. The summed E-state index contributed by atoms with van der Waals surface area (Å²) in [5.41, 5.74) is 1.41. The Morgan fingerprint density at radius 3 is 2.91 bits per heavy atom. The first-order chi connectivity index (χ1) is 10.5. The van der Waals surface area contributed by atoms with E-state index in [1.807, 2.05) is 23.1 Å². The van der Waals surface area contributed by atoms with Gasteiger partial charge in [0.05, 0.1) is 6.10 Å². The van der Waals surface area contributed by atoms with Gasteiger partial charge < -0.3 is 9.64 Å². The highest BCUT2D eigenvalue weighted by atomic mass is 32.2. The van der Waals surface area contributed by atoms with Gasteiger partial charge in [0.15, 0.2) is 0 Å². The molecule has 1 aromatic heterocycles. The maximum absolute atomic E-state index is 11.6. The molecule has 3 heterocycles. The van der Waals surface area contributed by atoms with Crippen molar-refractivity contribution in [2.24, 2.45) is 0 Å². The molecule has 4 nitrogen and oxygen atoms in total. The van der Waals surface area contributed by atoms with Crippen LogP contribution < -0.4 is 0 Å². The number of thioether (sulfide) groups is 1. The topological polar surface area (TPSA) is 32.8 Å². The summed E-state index contributed by atoms with van der Waals surface area (Å²) in [5, 5.41) is 2.18. The molecular weight excluding hydrogens is 316 g/mol.